The van der Waals surface area contributed by atoms with Gasteiger partial charge in [0.2, 0.25) is 5.95 Å². The quantitative estimate of drug-likeness (QED) is 0.198. The maximum absolute atomic E-state index is 6.36. The first-order chi connectivity index (χ1) is 23.8. The third-order valence-electron chi connectivity index (χ3n) is 9.42. The molecule has 0 unspecified atom stereocenters. The van der Waals surface area contributed by atoms with Crippen molar-refractivity contribution in [3.63, 3.8) is 0 Å². The zero-order valence-electron chi connectivity index (χ0n) is 25.8. The molecule has 0 bridgehead atoms. The van der Waals surface area contributed by atoms with Crippen LogP contribution in [0.25, 0.3) is 94.1 Å². The molecule has 3 aromatic heterocycles. The van der Waals surface area contributed by atoms with Crippen LogP contribution in [-0.2, 0) is 0 Å². The lowest BCUT2D eigenvalue weighted by Gasteiger charge is -2.14. The van der Waals surface area contributed by atoms with Crippen LogP contribution >= 0.6 is 0 Å². The van der Waals surface area contributed by atoms with E-state index in [0.29, 0.717) is 5.95 Å². The Balaban J connectivity index is 1.38. The Kier molecular flexibility index (Phi) is 5.84. The molecule has 3 heterocycles. The molecular weight excluding hydrogens is 587 g/mol. The number of nitrogens with zero attached hydrogens (tertiary/aromatic N) is 3. The van der Waals surface area contributed by atoms with Gasteiger partial charge in [0.1, 0.15) is 11.2 Å². The highest BCUT2D eigenvalue weighted by atomic mass is 16.3. The summed E-state index contributed by atoms with van der Waals surface area (Å²) in [6.07, 6.45) is 0. The lowest BCUT2D eigenvalue weighted by Crippen LogP contribution is -2.04. The van der Waals surface area contributed by atoms with Crippen molar-refractivity contribution in [2.24, 2.45) is 0 Å². The Hall–Kier alpha value is -6.52. The van der Waals surface area contributed by atoms with Gasteiger partial charge in [-0.1, -0.05) is 140 Å². The maximum atomic E-state index is 6.36. The van der Waals surface area contributed by atoms with Gasteiger partial charge in [0.05, 0.1) is 22.4 Å². The standard InChI is InChI=1S/C44H27N3O/c1-3-14-29(15-4-1)36-27-37(30-16-5-2-6-17-30)46-44(45-36)47-38-26-25-28-13-7-8-18-31(28)41(38)35-22-11-21-33(43(35)47)32-20-12-24-40-42(32)34-19-9-10-23-39(34)48-40/h1-27H. The Labute approximate surface area is 276 Å². The Bertz CT molecular complexity index is 2770. The van der Waals surface area contributed by atoms with Crippen molar-refractivity contribution in [1.29, 1.82) is 0 Å². The molecule has 0 saturated heterocycles. The minimum Gasteiger partial charge on any atom is -0.456 e. The van der Waals surface area contributed by atoms with Crippen LogP contribution < -0.4 is 0 Å². The first-order valence-electron chi connectivity index (χ1n) is 16.2. The highest BCUT2D eigenvalue weighted by molar-refractivity contribution is 6.25. The molecule has 0 radical (unpaired) electrons. The maximum Gasteiger partial charge on any atom is 0.235 e. The fourth-order valence-electron chi connectivity index (χ4n) is 7.31. The third kappa shape index (κ3) is 4.03. The predicted molar refractivity (Wildman–Crippen MR) is 197 cm³/mol. The SMILES string of the molecule is c1ccc(-c2cc(-c3ccccc3)nc(-n3c4ccc5ccccc5c4c4cccc(-c5cccc6oc7ccccc7c56)c43)n2)cc1. The van der Waals surface area contributed by atoms with E-state index in [9.17, 15) is 0 Å². The van der Waals surface area contributed by atoms with E-state index in [1.54, 1.807) is 0 Å². The van der Waals surface area contributed by atoms with Crippen LogP contribution in [0.1, 0.15) is 0 Å². The summed E-state index contributed by atoms with van der Waals surface area (Å²) in [7, 11) is 0. The average Bonchev–Trinajstić information content (AvgIpc) is 3.72. The van der Waals surface area contributed by atoms with Crippen molar-refractivity contribution in [3.05, 3.63) is 164 Å². The molecule has 0 spiro atoms. The molecule has 0 saturated carbocycles. The van der Waals surface area contributed by atoms with Crippen molar-refractivity contribution in [2.75, 3.05) is 0 Å². The molecule has 10 aromatic rings. The van der Waals surface area contributed by atoms with Crippen LogP contribution in [0.2, 0.25) is 0 Å². The van der Waals surface area contributed by atoms with Crippen molar-refractivity contribution in [2.45, 2.75) is 0 Å². The first kappa shape index (κ1) is 26.7. The van der Waals surface area contributed by atoms with Gasteiger partial charge in [-0.05, 0) is 40.6 Å². The van der Waals surface area contributed by atoms with E-state index in [4.69, 9.17) is 14.4 Å². The van der Waals surface area contributed by atoms with Gasteiger partial charge >= 0.3 is 0 Å². The van der Waals surface area contributed by atoms with Crippen LogP contribution in [0.5, 0.6) is 0 Å². The molecular formula is C44H27N3O. The van der Waals surface area contributed by atoms with Gasteiger partial charge in [-0.15, -0.1) is 0 Å². The average molecular weight is 614 g/mol. The van der Waals surface area contributed by atoms with E-state index in [1.807, 2.05) is 24.3 Å². The molecule has 0 N–H and O–H groups in total. The third-order valence-corrected chi connectivity index (χ3v) is 9.42. The molecule has 10 rings (SSSR count). The number of hydrogen-bond acceptors (Lipinski definition) is 3. The molecule has 0 amide bonds. The van der Waals surface area contributed by atoms with Gasteiger partial charge in [-0.25, -0.2) is 9.97 Å². The Morgan fingerprint density at radius 3 is 1.81 bits per heavy atom. The fraction of sp³-hybridized carbons (Fsp3) is 0. The minimum absolute atomic E-state index is 0.627. The Morgan fingerprint density at radius 1 is 0.438 bits per heavy atom. The van der Waals surface area contributed by atoms with E-state index in [-0.39, 0.29) is 0 Å². The number of furan rings is 1. The monoisotopic (exact) mass is 613 g/mol. The van der Waals surface area contributed by atoms with Gasteiger partial charge in [0.25, 0.3) is 0 Å². The van der Waals surface area contributed by atoms with Gasteiger partial charge in [0, 0.05) is 38.2 Å². The zero-order valence-corrected chi connectivity index (χ0v) is 25.8. The van der Waals surface area contributed by atoms with Gasteiger partial charge in [0.15, 0.2) is 0 Å². The van der Waals surface area contributed by atoms with Crippen molar-refractivity contribution in [1.82, 2.24) is 14.5 Å². The molecule has 0 aliphatic carbocycles. The highest BCUT2D eigenvalue weighted by Gasteiger charge is 2.23. The van der Waals surface area contributed by atoms with Gasteiger partial charge in [-0.3, -0.25) is 4.57 Å². The fourth-order valence-corrected chi connectivity index (χ4v) is 7.31. The second-order valence-corrected chi connectivity index (χ2v) is 12.2. The number of para-hydroxylation sites is 2. The summed E-state index contributed by atoms with van der Waals surface area (Å²) in [6.45, 7) is 0. The van der Waals surface area contributed by atoms with E-state index in [1.165, 1.54) is 16.2 Å². The van der Waals surface area contributed by atoms with Gasteiger partial charge < -0.3 is 4.42 Å². The topological polar surface area (TPSA) is 43.9 Å². The number of fused-ring (bicyclic) bond motifs is 8. The predicted octanol–water partition coefficient (Wildman–Crippen LogP) is 11.6. The smallest absolute Gasteiger partial charge is 0.235 e. The molecule has 0 aliphatic heterocycles. The summed E-state index contributed by atoms with van der Waals surface area (Å²) in [5.41, 5.74) is 9.90. The summed E-state index contributed by atoms with van der Waals surface area (Å²) in [6, 6.07) is 57.1. The first-order valence-corrected chi connectivity index (χ1v) is 16.2. The van der Waals surface area contributed by atoms with Gasteiger partial charge in [-0.2, -0.15) is 0 Å². The molecule has 0 aliphatic rings. The molecule has 7 aromatic carbocycles. The van der Waals surface area contributed by atoms with Crippen LogP contribution in [0.3, 0.4) is 0 Å². The van der Waals surface area contributed by atoms with Crippen molar-refractivity contribution >= 4 is 54.5 Å². The molecule has 4 heteroatoms. The number of aromatic nitrogens is 3. The largest absolute Gasteiger partial charge is 0.456 e. The minimum atomic E-state index is 0.627. The molecule has 4 nitrogen and oxygen atoms in total. The van der Waals surface area contributed by atoms with Crippen LogP contribution in [0.4, 0.5) is 0 Å². The molecule has 224 valence electrons. The molecule has 48 heavy (non-hydrogen) atoms. The van der Waals surface area contributed by atoms with E-state index >= 15 is 0 Å². The van der Waals surface area contributed by atoms with Crippen molar-refractivity contribution < 1.29 is 4.42 Å². The Morgan fingerprint density at radius 2 is 1.04 bits per heavy atom. The second-order valence-electron chi connectivity index (χ2n) is 12.2. The van der Waals surface area contributed by atoms with E-state index in [2.05, 4.69) is 144 Å². The van der Waals surface area contributed by atoms with E-state index < -0.39 is 0 Å². The summed E-state index contributed by atoms with van der Waals surface area (Å²) in [5, 5.41) is 6.93. The zero-order chi connectivity index (χ0) is 31.6. The molecule has 0 atom stereocenters. The van der Waals surface area contributed by atoms with E-state index in [0.717, 1.165) is 72.0 Å². The number of rotatable bonds is 4. The lowest BCUT2D eigenvalue weighted by atomic mass is 9.96. The highest BCUT2D eigenvalue weighted by Crippen LogP contribution is 2.44. The summed E-state index contributed by atoms with van der Waals surface area (Å²) in [4.78, 5) is 10.6. The normalized spacial score (nSPS) is 11.8. The summed E-state index contributed by atoms with van der Waals surface area (Å²) >= 11 is 0. The summed E-state index contributed by atoms with van der Waals surface area (Å²) in [5.74, 6) is 0.627. The van der Waals surface area contributed by atoms with Crippen molar-refractivity contribution in [3.8, 4) is 39.6 Å². The molecule has 0 fully saturated rings. The lowest BCUT2D eigenvalue weighted by molar-refractivity contribution is 0.669. The summed E-state index contributed by atoms with van der Waals surface area (Å²) < 4.78 is 8.63. The van der Waals surface area contributed by atoms with Crippen LogP contribution in [0, 0.1) is 0 Å². The number of benzene rings is 7. The van der Waals surface area contributed by atoms with Crippen LogP contribution in [-0.4, -0.2) is 14.5 Å². The second kappa shape index (κ2) is 10.5. The van der Waals surface area contributed by atoms with Crippen LogP contribution in [0.15, 0.2) is 168 Å². The number of hydrogen-bond donors (Lipinski definition) is 0.